The minimum absolute atomic E-state index is 0.109. The van der Waals surface area contributed by atoms with Crippen LogP contribution < -0.4 is 4.74 Å². The lowest BCUT2D eigenvalue weighted by Gasteiger charge is -2.37. The molecule has 1 aliphatic rings. The highest BCUT2D eigenvalue weighted by atomic mass is 35.5. The molecular weight excluding hydrogens is 262 g/mol. The fraction of sp³-hybridized carbons (Fsp3) is 0.533. The Kier molecular flexibility index (Phi) is 5.08. The van der Waals surface area contributed by atoms with E-state index >= 15 is 0 Å². The van der Waals surface area contributed by atoms with Crippen LogP contribution in [0.25, 0.3) is 0 Å². The van der Waals surface area contributed by atoms with Gasteiger partial charge in [-0.15, -0.1) is 11.6 Å². The van der Waals surface area contributed by atoms with Gasteiger partial charge in [0.1, 0.15) is 5.75 Å². The fourth-order valence-corrected chi connectivity index (χ4v) is 2.40. The number of methoxy groups -OCH3 is 1. The van der Waals surface area contributed by atoms with Gasteiger partial charge < -0.3 is 9.64 Å². The maximum Gasteiger partial charge on any atom is 0.254 e. The molecular formula is C15H20ClNO2. The van der Waals surface area contributed by atoms with Crippen molar-refractivity contribution in [2.45, 2.75) is 31.7 Å². The number of benzene rings is 1. The minimum atomic E-state index is 0.109. The third-order valence-electron chi connectivity index (χ3n) is 3.65. The summed E-state index contributed by atoms with van der Waals surface area (Å²) in [7, 11) is 1.62. The fourth-order valence-electron chi connectivity index (χ4n) is 2.28. The van der Waals surface area contributed by atoms with E-state index in [1.165, 1.54) is 6.42 Å². The number of ether oxygens (including phenoxy) is 1. The number of amides is 1. The molecule has 0 aromatic heterocycles. The molecule has 2 rings (SSSR count). The molecule has 0 N–H and O–H groups in total. The largest absolute Gasteiger partial charge is 0.497 e. The topological polar surface area (TPSA) is 29.5 Å². The van der Waals surface area contributed by atoms with E-state index in [0.717, 1.165) is 37.1 Å². The van der Waals surface area contributed by atoms with Crippen LogP contribution in [0.4, 0.5) is 0 Å². The maximum absolute atomic E-state index is 12.5. The van der Waals surface area contributed by atoms with Crippen LogP contribution in [0.15, 0.2) is 24.3 Å². The molecule has 0 radical (unpaired) electrons. The van der Waals surface area contributed by atoms with Gasteiger partial charge >= 0.3 is 0 Å². The van der Waals surface area contributed by atoms with Crippen LogP contribution in [0.5, 0.6) is 5.75 Å². The number of nitrogens with zero attached hydrogens (tertiary/aromatic N) is 1. The van der Waals surface area contributed by atoms with Crippen molar-refractivity contribution in [3.05, 3.63) is 29.8 Å². The summed E-state index contributed by atoms with van der Waals surface area (Å²) in [5.74, 6) is 1.48. The van der Waals surface area contributed by atoms with Crippen molar-refractivity contribution in [2.75, 3.05) is 19.5 Å². The van der Waals surface area contributed by atoms with E-state index in [1.54, 1.807) is 7.11 Å². The van der Waals surface area contributed by atoms with Crippen LogP contribution in [-0.2, 0) is 0 Å². The minimum Gasteiger partial charge on any atom is -0.497 e. The number of carbonyl (C=O) groups is 1. The van der Waals surface area contributed by atoms with Gasteiger partial charge in [0.25, 0.3) is 5.91 Å². The average molecular weight is 282 g/mol. The molecule has 1 aliphatic carbocycles. The molecule has 3 nitrogen and oxygen atoms in total. The quantitative estimate of drug-likeness (QED) is 0.749. The molecule has 0 spiro atoms. The first-order chi connectivity index (χ1) is 9.26. The van der Waals surface area contributed by atoms with Crippen LogP contribution in [-0.4, -0.2) is 36.4 Å². The predicted molar refractivity (Wildman–Crippen MR) is 77.0 cm³/mol. The Morgan fingerprint density at radius 2 is 2.05 bits per heavy atom. The molecule has 0 aliphatic heterocycles. The second-order valence-electron chi connectivity index (χ2n) is 4.85. The Morgan fingerprint density at radius 1 is 1.37 bits per heavy atom. The first kappa shape index (κ1) is 14.2. The molecule has 1 fully saturated rings. The highest BCUT2D eigenvalue weighted by Crippen LogP contribution is 2.26. The molecule has 0 unspecified atom stereocenters. The van der Waals surface area contributed by atoms with Crippen molar-refractivity contribution in [1.29, 1.82) is 0 Å². The first-order valence-electron chi connectivity index (χ1n) is 6.77. The van der Waals surface area contributed by atoms with E-state index in [-0.39, 0.29) is 5.91 Å². The first-order valence-corrected chi connectivity index (χ1v) is 7.30. The molecule has 0 bridgehead atoms. The smallest absolute Gasteiger partial charge is 0.254 e. The van der Waals surface area contributed by atoms with Gasteiger partial charge in [-0.3, -0.25) is 4.79 Å². The molecule has 1 aromatic rings. The van der Waals surface area contributed by atoms with Crippen LogP contribution >= 0.6 is 11.6 Å². The van der Waals surface area contributed by atoms with Crippen molar-refractivity contribution in [1.82, 2.24) is 4.90 Å². The van der Waals surface area contributed by atoms with Crippen molar-refractivity contribution >= 4 is 17.5 Å². The number of hydrogen-bond donors (Lipinski definition) is 0. The molecule has 1 saturated carbocycles. The van der Waals surface area contributed by atoms with Gasteiger partial charge in [-0.05, 0) is 49.9 Å². The van der Waals surface area contributed by atoms with E-state index in [0.29, 0.717) is 11.9 Å². The highest BCUT2D eigenvalue weighted by molar-refractivity contribution is 6.17. The summed E-state index contributed by atoms with van der Waals surface area (Å²) < 4.78 is 5.11. The molecule has 104 valence electrons. The van der Waals surface area contributed by atoms with Crippen LogP contribution in [0, 0.1) is 0 Å². The molecule has 0 atom stereocenters. The number of hydrogen-bond acceptors (Lipinski definition) is 2. The van der Waals surface area contributed by atoms with Crippen molar-refractivity contribution in [3.63, 3.8) is 0 Å². The van der Waals surface area contributed by atoms with Crippen molar-refractivity contribution < 1.29 is 9.53 Å². The summed E-state index contributed by atoms with van der Waals surface area (Å²) in [5, 5.41) is 0. The highest BCUT2D eigenvalue weighted by Gasteiger charge is 2.28. The maximum atomic E-state index is 12.5. The van der Waals surface area contributed by atoms with Gasteiger partial charge in [-0.25, -0.2) is 0 Å². The molecule has 1 amide bonds. The monoisotopic (exact) mass is 281 g/mol. The Balaban J connectivity index is 2.08. The van der Waals surface area contributed by atoms with E-state index in [2.05, 4.69) is 0 Å². The number of rotatable bonds is 6. The van der Waals surface area contributed by atoms with E-state index in [4.69, 9.17) is 16.3 Å². The zero-order chi connectivity index (χ0) is 13.7. The molecule has 1 aromatic carbocycles. The second-order valence-corrected chi connectivity index (χ2v) is 5.23. The van der Waals surface area contributed by atoms with Gasteiger partial charge in [0.15, 0.2) is 0 Å². The summed E-state index contributed by atoms with van der Waals surface area (Å²) in [6.07, 6.45) is 4.30. The van der Waals surface area contributed by atoms with Gasteiger partial charge in [0.2, 0.25) is 0 Å². The summed E-state index contributed by atoms with van der Waals surface area (Å²) >= 11 is 5.75. The third-order valence-corrected chi connectivity index (χ3v) is 3.91. The standard InChI is InChI=1S/C15H20ClNO2/c1-19-14-8-6-12(7-9-14)15(18)17(11-3-10-16)13-4-2-5-13/h6-9,13H,2-5,10-11H2,1H3. The normalized spacial score (nSPS) is 14.8. The lowest BCUT2D eigenvalue weighted by atomic mass is 9.91. The van der Waals surface area contributed by atoms with E-state index in [9.17, 15) is 4.79 Å². The summed E-state index contributed by atoms with van der Waals surface area (Å²) in [6.45, 7) is 0.749. The number of carbonyl (C=O) groups excluding carboxylic acids is 1. The predicted octanol–water partition coefficient (Wildman–Crippen LogP) is 3.32. The van der Waals surface area contributed by atoms with Crippen LogP contribution in [0.1, 0.15) is 36.0 Å². The Bertz CT molecular complexity index is 415. The second kappa shape index (κ2) is 6.80. The lowest BCUT2D eigenvalue weighted by molar-refractivity contribution is 0.0581. The lowest BCUT2D eigenvalue weighted by Crippen LogP contribution is -2.44. The van der Waals surface area contributed by atoms with Gasteiger partial charge in [-0.1, -0.05) is 0 Å². The average Bonchev–Trinajstić information content (AvgIpc) is 2.40. The van der Waals surface area contributed by atoms with Crippen LogP contribution in [0.2, 0.25) is 0 Å². The summed E-state index contributed by atoms with van der Waals surface area (Å²) in [6, 6.07) is 7.71. The van der Waals surface area contributed by atoms with Gasteiger partial charge in [0, 0.05) is 24.0 Å². The Hall–Kier alpha value is -1.22. The van der Waals surface area contributed by atoms with Gasteiger partial charge in [-0.2, -0.15) is 0 Å². The summed E-state index contributed by atoms with van der Waals surface area (Å²) in [4.78, 5) is 14.5. The number of alkyl halides is 1. The third kappa shape index (κ3) is 3.41. The number of halogens is 1. The van der Waals surface area contributed by atoms with Crippen molar-refractivity contribution in [2.24, 2.45) is 0 Å². The van der Waals surface area contributed by atoms with E-state index in [1.807, 2.05) is 29.2 Å². The Labute approximate surface area is 119 Å². The van der Waals surface area contributed by atoms with Crippen molar-refractivity contribution in [3.8, 4) is 5.75 Å². The zero-order valence-electron chi connectivity index (χ0n) is 11.3. The molecule has 0 heterocycles. The summed E-state index contributed by atoms with van der Waals surface area (Å²) in [5.41, 5.74) is 0.724. The molecule has 19 heavy (non-hydrogen) atoms. The Morgan fingerprint density at radius 3 is 2.53 bits per heavy atom. The van der Waals surface area contributed by atoms with Crippen LogP contribution in [0.3, 0.4) is 0 Å². The SMILES string of the molecule is COc1ccc(C(=O)N(CCCCl)C2CCC2)cc1. The molecule has 4 heteroatoms. The van der Waals surface area contributed by atoms with Gasteiger partial charge in [0.05, 0.1) is 7.11 Å². The van der Waals surface area contributed by atoms with E-state index < -0.39 is 0 Å². The molecule has 0 saturated heterocycles. The zero-order valence-corrected chi connectivity index (χ0v) is 12.0.